The zero-order chi connectivity index (χ0) is 17.4. The number of fused-ring (bicyclic) bond motifs is 1. The summed E-state index contributed by atoms with van der Waals surface area (Å²) < 4.78 is 12.5. The third-order valence-corrected chi connectivity index (χ3v) is 5.42. The van der Waals surface area contributed by atoms with Gasteiger partial charge in [-0.2, -0.15) is 9.50 Å². The molecule has 1 aromatic carbocycles. The molecule has 0 aliphatic heterocycles. The van der Waals surface area contributed by atoms with Gasteiger partial charge in [0, 0.05) is 10.4 Å². The van der Waals surface area contributed by atoms with Crippen molar-refractivity contribution in [1.29, 1.82) is 0 Å². The Hall–Kier alpha value is -2.71. The maximum Gasteiger partial charge on any atom is 0.291 e. The van der Waals surface area contributed by atoms with Gasteiger partial charge in [0.2, 0.25) is 4.96 Å². The van der Waals surface area contributed by atoms with Crippen LogP contribution in [-0.2, 0) is 0 Å². The van der Waals surface area contributed by atoms with E-state index in [0.29, 0.717) is 26.8 Å². The topological polar surface area (TPSA) is 65.7 Å². The van der Waals surface area contributed by atoms with Gasteiger partial charge in [-0.25, -0.2) is 0 Å². The summed E-state index contributed by atoms with van der Waals surface area (Å²) in [7, 11) is 3.15. The quantitative estimate of drug-likeness (QED) is 0.551. The number of ether oxygens (including phenoxy) is 2. The molecule has 3 aromatic heterocycles. The van der Waals surface area contributed by atoms with Gasteiger partial charge in [0.15, 0.2) is 17.3 Å². The Morgan fingerprint density at radius 2 is 2.00 bits per heavy atom. The van der Waals surface area contributed by atoms with Crippen LogP contribution in [-0.4, -0.2) is 28.8 Å². The molecule has 0 spiro atoms. The average Bonchev–Trinajstić information content (AvgIpc) is 3.34. The van der Waals surface area contributed by atoms with Crippen LogP contribution >= 0.6 is 22.7 Å². The number of benzene rings is 1. The molecular formula is C17H13N3O3S2. The molecule has 0 aliphatic rings. The van der Waals surface area contributed by atoms with E-state index in [1.807, 2.05) is 29.7 Å². The third-order valence-electron chi connectivity index (χ3n) is 3.64. The molecule has 126 valence electrons. The summed E-state index contributed by atoms with van der Waals surface area (Å²) in [5.74, 6) is 1.70. The Bertz CT molecular complexity index is 1150. The molecule has 8 heteroatoms. The van der Waals surface area contributed by atoms with E-state index >= 15 is 0 Å². The number of thiophene rings is 1. The normalized spacial score (nSPS) is 12.0. The highest BCUT2D eigenvalue weighted by Gasteiger charge is 2.14. The van der Waals surface area contributed by atoms with E-state index in [9.17, 15) is 4.79 Å². The maximum absolute atomic E-state index is 12.5. The van der Waals surface area contributed by atoms with Gasteiger partial charge in [-0.1, -0.05) is 17.4 Å². The van der Waals surface area contributed by atoms with E-state index in [0.717, 1.165) is 10.4 Å². The molecule has 0 N–H and O–H groups in total. The minimum absolute atomic E-state index is 0.160. The SMILES string of the molecule is COc1ccc(-c2nc3s/c(=C\c4cccs4)c(=O)n3n2)cc1OC. The Kier molecular flexibility index (Phi) is 3.98. The van der Waals surface area contributed by atoms with Crippen LogP contribution in [0.1, 0.15) is 4.88 Å². The molecule has 0 radical (unpaired) electrons. The van der Waals surface area contributed by atoms with E-state index in [-0.39, 0.29) is 5.56 Å². The lowest BCUT2D eigenvalue weighted by molar-refractivity contribution is 0.355. The average molecular weight is 371 g/mol. The van der Waals surface area contributed by atoms with Crippen molar-refractivity contribution >= 4 is 33.7 Å². The third kappa shape index (κ3) is 2.79. The van der Waals surface area contributed by atoms with E-state index < -0.39 is 0 Å². The molecule has 4 aromatic rings. The van der Waals surface area contributed by atoms with Crippen molar-refractivity contribution in [2.45, 2.75) is 0 Å². The number of rotatable bonds is 4. The lowest BCUT2D eigenvalue weighted by Gasteiger charge is -2.07. The predicted octanol–water partition coefficient (Wildman–Crippen LogP) is 2.44. The zero-order valence-electron chi connectivity index (χ0n) is 13.4. The molecule has 0 amide bonds. The fourth-order valence-corrected chi connectivity index (χ4v) is 4.06. The van der Waals surface area contributed by atoms with Crippen molar-refractivity contribution in [3.63, 3.8) is 0 Å². The van der Waals surface area contributed by atoms with Gasteiger partial charge in [-0.05, 0) is 35.7 Å². The van der Waals surface area contributed by atoms with E-state index in [2.05, 4.69) is 10.1 Å². The molecule has 25 heavy (non-hydrogen) atoms. The van der Waals surface area contributed by atoms with E-state index in [1.54, 1.807) is 37.7 Å². The van der Waals surface area contributed by atoms with Gasteiger partial charge < -0.3 is 9.47 Å². The monoisotopic (exact) mass is 371 g/mol. The fourth-order valence-electron chi connectivity index (χ4n) is 2.43. The van der Waals surface area contributed by atoms with Crippen molar-refractivity contribution in [2.24, 2.45) is 0 Å². The fraction of sp³-hybridized carbons (Fsp3) is 0.118. The first-order valence-corrected chi connectivity index (χ1v) is 9.06. The highest BCUT2D eigenvalue weighted by Crippen LogP contribution is 2.31. The van der Waals surface area contributed by atoms with Gasteiger partial charge in [-0.15, -0.1) is 16.4 Å². The molecule has 0 atom stereocenters. The minimum Gasteiger partial charge on any atom is -0.493 e. The minimum atomic E-state index is -0.160. The van der Waals surface area contributed by atoms with Crippen LogP contribution < -0.4 is 19.6 Å². The second kappa shape index (κ2) is 6.30. The zero-order valence-corrected chi connectivity index (χ0v) is 15.1. The first-order valence-electron chi connectivity index (χ1n) is 7.37. The summed E-state index contributed by atoms with van der Waals surface area (Å²) in [6.07, 6.45) is 1.87. The van der Waals surface area contributed by atoms with Crippen molar-refractivity contribution in [3.05, 3.63) is 55.5 Å². The van der Waals surface area contributed by atoms with E-state index in [1.165, 1.54) is 15.9 Å². The standard InChI is InChI=1S/C17H13N3O3S2/c1-22-12-6-5-10(8-13(12)23-2)15-18-17-20(19-15)16(21)14(25-17)9-11-4-3-7-24-11/h3-9H,1-2H3/b14-9-. The summed E-state index contributed by atoms with van der Waals surface area (Å²) in [5, 5.41) is 6.33. The Morgan fingerprint density at radius 3 is 2.68 bits per heavy atom. The first kappa shape index (κ1) is 15.8. The van der Waals surface area contributed by atoms with Crippen LogP contribution in [0.5, 0.6) is 11.5 Å². The second-order valence-corrected chi connectivity index (χ2v) is 7.12. The van der Waals surface area contributed by atoms with Gasteiger partial charge in [0.05, 0.1) is 18.8 Å². The summed E-state index contributed by atoms with van der Waals surface area (Å²) in [4.78, 5) is 18.6. The highest BCUT2D eigenvalue weighted by molar-refractivity contribution is 7.15. The van der Waals surface area contributed by atoms with E-state index in [4.69, 9.17) is 9.47 Å². The molecule has 0 fully saturated rings. The number of methoxy groups -OCH3 is 2. The van der Waals surface area contributed by atoms with Crippen LogP contribution in [0.2, 0.25) is 0 Å². The largest absolute Gasteiger partial charge is 0.493 e. The molecule has 6 nitrogen and oxygen atoms in total. The lowest BCUT2D eigenvalue weighted by Crippen LogP contribution is -2.23. The molecule has 0 unspecified atom stereocenters. The number of hydrogen-bond acceptors (Lipinski definition) is 7. The van der Waals surface area contributed by atoms with Crippen molar-refractivity contribution < 1.29 is 9.47 Å². The smallest absolute Gasteiger partial charge is 0.291 e. The number of nitrogens with zero attached hydrogens (tertiary/aromatic N) is 3. The summed E-state index contributed by atoms with van der Waals surface area (Å²) >= 11 is 2.91. The van der Waals surface area contributed by atoms with Crippen LogP contribution in [0.4, 0.5) is 0 Å². The molecule has 3 heterocycles. The number of hydrogen-bond donors (Lipinski definition) is 0. The molecule has 0 saturated heterocycles. The summed E-state index contributed by atoms with van der Waals surface area (Å²) in [6, 6.07) is 9.34. The van der Waals surface area contributed by atoms with Crippen LogP contribution in [0.15, 0.2) is 40.5 Å². The Balaban J connectivity index is 1.80. The number of thiazole rings is 1. The van der Waals surface area contributed by atoms with Gasteiger partial charge in [-0.3, -0.25) is 4.79 Å². The Morgan fingerprint density at radius 1 is 1.16 bits per heavy atom. The van der Waals surface area contributed by atoms with Gasteiger partial charge in [0.25, 0.3) is 5.56 Å². The molecule has 0 saturated carbocycles. The lowest BCUT2D eigenvalue weighted by atomic mass is 10.2. The van der Waals surface area contributed by atoms with Crippen molar-refractivity contribution in [3.8, 4) is 22.9 Å². The summed E-state index contributed by atoms with van der Waals surface area (Å²) in [6.45, 7) is 0. The van der Waals surface area contributed by atoms with Gasteiger partial charge in [0.1, 0.15) is 0 Å². The number of aromatic nitrogens is 3. The van der Waals surface area contributed by atoms with Gasteiger partial charge >= 0.3 is 0 Å². The summed E-state index contributed by atoms with van der Waals surface area (Å²) in [5.41, 5.74) is 0.601. The highest BCUT2D eigenvalue weighted by atomic mass is 32.1. The van der Waals surface area contributed by atoms with Crippen LogP contribution in [0.3, 0.4) is 0 Å². The first-order chi connectivity index (χ1) is 12.2. The predicted molar refractivity (Wildman–Crippen MR) is 98.8 cm³/mol. The van der Waals surface area contributed by atoms with Crippen molar-refractivity contribution in [1.82, 2.24) is 14.6 Å². The second-order valence-electron chi connectivity index (χ2n) is 5.13. The Labute approximate surface area is 150 Å². The van der Waals surface area contributed by atoms with Crippen LogP contribution in [0.25, 0.3) is 22.4 Å². The molecule has 0 bridgehead atoms. The van der Waals surface area contributed by atoms with Crippen LogP contribution in [0, 0.1) is 0 Å². The molecular weight excluding hydrogens is 358 g/mol. The van der Waals surface area contributed by atoms with Crippen molar-refractivity contribution in [2.75, 3.05) is 14.2 Å². The molecule has 0 aliphatic carbocycles. The molecule has 4 rings (SSSR count). The maximum atomic E-state index is 12.5.